The van der Waals surface area contributed by atoms with Crippen molar-refractivity contribution in [1.29, 1.82) is 0 Å². The average molecular weight is 426 g/mol. The van der Waals surface area contributed by atoms with Crippen molar-refractivity contribution in [3.63, 3.8) is 0 Å². The highest BCUT2D eigenvalue weighted by Crippen LogP contribution is 2.17. The Morgan fingerprint density at radius 3 is 2.23 bits per heavy atom. The second kappa shape index (κ2) is 8.39. The summed E-state index contributed by atoms with van der Waals surface area (Å²) >= 11 is 0. The molecule has 10 heteroatoms. The van der Waals surface area contributed by atoms with Crippen molar-refractivity contribution in [1.82, 2.24) is 0 Å². The van der Waals surface area contributed by atoms with Crippen LogP contribution in [0.25, 0.3) is 0 Å². The first kappa shape index (κ1) is 21.1. The Hall–Kier alpha value is -3.63. The molecule has 0 amide bonds. The summed E-state index contributed by atoms with van der Waals surface area (Å²) in [7, 11) is -4.30. The zero-order chi connectivity index (χ0) is 21.9. The Balaban J connectivity index is 1.93. The normalized spacial score (nSPS) is 12.8. The summed E-state index contributed by atoms with van der Waals surface area (Å²) in [6.07, 6.45) is 0. The number of rotatable bonds is 5. The monoisotopic (exact) mass is 426 g/mol. The van der Waals surface area contributed by atoms with Gasteiger partial charge in [-0.3, -0.25) is 25.0 Å². The molecule has 3 aromatic rings. The van der Waals surface area contributed by atoms with Crippen LogP contribution >= 0.6 is 0 Å². The smallest absolute Gasteiger partial charge is 0.287 e. The van der Waals surface area contributed by atoms with Gasteiger partial charge in [-0.05, 0) is 67.4 Å². The first-order chi connectivity index (χ1) is 14.2. The Labute approximate surface area is 171 Å². The van der Waals surface area contributed by atoms with Crippen molar-refractivity contribution < 1.29 is 13.0 Å². The molecule has 3 rings (SSSR count). The van der Waals surface area contributed by atoms with E-state index in [0.29, 0.717) is 11.4 Å². The fourth-order valence-electron chi connectivity index (χ4n) is 2.55. The molecule has 0 saturated heterocycles. The van der Waals surface area contributed by atoms with Gasteiger partial charge in [0.25, 0.3) is 10.1 Å². The predicted molar refractivity (Wildman–Crippen MR) is 112 cm³/mol. The molecule has 3 N–H and O–H groups in total. The fraction of sp³-hybridized carbons (Fsp3) is 0.100. The number of hydrogen-bond acceptors (Lipinski definition) is 8. The van der Waals surface area contributed by atoms with Crippen molar-refractivity contribution >= 4 is 21.5 Å². The molecule has 3 aromatic carbocycles. The molecular formula is C20H18N4O5S. The largest absolute Gasteiger partial charge is 0.294 e. The van der Waals surface area contributed by atoms with Crippen molar-refractivity contribution in [2.24, 2.45) is 10.2 Å². The molecule has 0 aliphatic heterocycles. The van der Waals surface area contributed by atoms with E-state index in [4.69, 9.17) is 4.55 Å². The molecule has 0 radical (unpaired) electrons. The van der Waals surface area contributed by atoms with E-state index in [1.165, 1.54) is 36.4 Å². The zero-order valence-electron chi connectivity index (χ0n) is 16.1. The van der Waals surface area contributed by atoms with E-state index in [9.17, 15) is 18.0 Å². The molecule has 30 heavy (non-hydrogen) atoms. The van der Waals surface area contributed by atoms with Crippen LogP contribution in [0.2, 0.25) is 0 Å². The first-order valence-corrected chi connectivity index (χ1v) is 10.2. The van der Waals surface area contributed by atoms with Gasteiger partial charge in [-0.25, -0.2) is 0 Å². The SMILES string of the molecule is Cc1cccc(N/N=c2\c(=O)cc/c(=N/Nc3ccc(S(=O)(=O)O)cc3)c2=O)c1C. The molecule has 0 saturated carbocycles. The molecule has 0 spiro atoms. The van der Waals surface area contributed by atoms with Crippen molar-refractivity contribution in [2.75, 3.05) is 10.9 Å². The summed E-state index contributed by atoms with van der Waals surface area (Å²) in [4.78, 5) is 24.4. The third kappa shape index (κ3) is 4.67. The lowest BCUT2D eigenvalue weighted by Gasteiger charge is -2.06. The van der Waals surface area contributed by atoms with Gasteiger partial charge in [-0.1, -0.05) is 12.1 Å². The highest BCUT2D eigenvalue weighted by Gasteiger charge is 2.08. The Morgan fingerprint density at radius 1 is 0.867 bits per heavy atom. The van der Waals surface area contributed by atoms with E-state index < -0.39 is 21.0 Å². The molecule has 0 bridgehead atoms. The van der Waals surface area contributed by atoms with Crippen LogP contribution in [0, 0.1) is 13.8 Å². The van der Waals surface area contributed by atoms with Crippen LogP contribution in [0.5, 0.6) is 0 Å². The zero-order valence-corrected chi connectivity index (χ0v) is 16.9. The Bertz CT molecular complexity index is 1420. The van der Waals surface area contributed by atoms with Crippen LogP contribution in [0.4, 0.5) is 11.4 Å². The third-order valence-corrected chi connectivity index (χ3v) is 5.29. The summed E-state index contributed by atoms with van der Waals surface area (Å²) in [5.41, 5.74) is 7.17. The fourth-order valence-corrected chi connectivity index (χ4v) is 3.03. The minimum absolute atomic E-state index is 0.0463. The summed E-state index contributed by atoms with van der Waals surface area (Å²) in [5, 5.41) is 7.58. The number of hydrogen-bond donors (Lipinski definition) is 3. The summed E-state index contributed by atoms with van der Waals surface area (Å²) in [5.74, 6) is 0. The Kier molecular flexibility index (Phi) is 5.90. The first-order valence-electron chi connectivity index (χ1n) is 8.75. The maximum Gasteiger partial charge on any atom is 0.294 e. The van der Waals surface area contributed by atoms with Crippen molar-refractivity contribution in [2.45, 2.75) is 18.7 Å². The van der Waals surface area contributed by atoms with Crippen LogP contribution in [0.3, 0.4) is 0 Å². The standard InChI is InChI=1S/C20H18N4O5S/c1-12-4-3-5-16(13(12)2)22-24-19-18(25)11-10-17(20(19)26)23-21-14-6-8-15(9-7-14)30(27,28)29/h3-11,21-22H,1-2H3,(H,27,28,29)/b23-17-,24-19+. The van der Waals surface area contributed by atoms with Crippen LogP contribution in [-0.4, -0.2) is 13.0 Å². The minimum atomic E-state index is -4.30. The van der Waals surface area contributed by atoms with Gasteiger partial charge in [0.05, 0.1) is 16.3 Å². The van der Waals surface area contributed by atoms with Crippen LogP contribution in [0.1, 0.15) is 11.1 Å². The van der Waals surface area contributed by atoms with Gasteiger partial charge in [0.2, 0.25) is 10.9 Å². The van der Waals surface area contributed by atoms with Gasteiger partial charge < -0.3 is 0 Å². The van der Waals surface area contributed by atoms with Crippen LogP contribution < -0.4 is 32.4 Å². The number of anilines is 2. The molecule has 0 atom stereocenters. The van der Waals surface area contributed by atoms with E-state index in [-0.39, 0.29) is 15.6 Å². The molecular weight excluding hydrogens is 408 g/mol. The van der Waals surface area contributed by atoms with Crippen LogP contribution in [-0.2, 0) is 10.1 Å². The molecule has 0 heterocycles. The number of benzene rings is 3. The summed E-state index contributed by atoms with van der Waals surface area (Å²) in [6.45, 7) is 3.83. The molecule has 0 unspecified atom stereocenters. The van der Waals surface area contributed by atoms with Crippen molar-refractivity contribution in [3.05, 3.63) is 96.9 Å². The van der Waals surface area contributed by atoms with E-state index in [1.54, 1.807) is 6.07 Å². The molecule has 0 aliphatic carbocycles. The van der Waals surface area contributed by atoms with Crippen LogP contribution in [0.15, 0.2) is 79.3 Å². The molecule has 0 aliphatic rings. The Morgan fingerprint density at radius 2 is 1.57 bits per heavy atom. The quantitative estimate of drug-likeness (QED) is 0.409. The van der Waals surface area contributed by atoms with E-state index >= 15 is 0 Å². The van der Waals surface area contributed by atoms with Crippen molar-refractivity contribution in [3.8, 4) is 0 Å². The highest BCUT2D eigenvalue weighted by atomic mass is 32.2. The van der Waals surface area contributed by atoms with Gasteiger partial charge in [-0.15, -0.1) is 0 Å². The van der Waals surface area contributed by atoms with E-state index in [0.717, 1.165) is 11.1 Å². The number of aryl methyl sites for hydroxylation is 1. The predicted octanol–water partition coefficient (Wildman–Crippen LogP) is 1.00. The van der Waals surface area contributed by atoms with E-state index in [2.05, 4.69) is 21.1 Å². The third-order valence-electron chi connectivity index (χ3n) is 4.42. The second-order valence-corrected chi connectivity index (χ2v) is 7.88. The lowest BCUT2D eigenvalue weighted by molar-refractivity contribution is 0.483. The summed E-state index contributed by atoms with van der Waals surface area (Å²) < 4.78 is 31.1. The maximum absolute atomic E-state index is 12.6. The topological polar surface area (TPSA) is 137 Å². The van der Waals surface area contributed by atoms with Gasteiger partial charge >= 0.3 is 0 Å². The average Bonchev–Trinajstić information content (AvgIpc) is 2.70. The molecule has 0 fully saturated rings. The number of nitrogens with one attached hydrogen (secondary N) is 2. The highest BCUT2D eigenvalue weighted by molar-refractivity contribution is 7.85. The lowest BCUT2D eigenvalue weighted by Crippen LogP contribution is -2.48. The van der Waals surface area contributed by atoms with Gasteiger partial charge in [0.1, 0.15) is 5.36 Å². The number of nitrogens with zero attached hydrogens (tertiary/aromatic N) is 2. The summed E-state index contributed by atoms with van der Waals surface area (Å²) in [6, 6.07) is 13.1. The molecule has 9 nitrogen and oxygen atoms in total. The molecule has 154 valence electrons. The second-order valence-electron chi connectivity index (χ2n) is 6.45. The maximum atomic E-state index is 12.6. The molecule has 0 aromatic heterocycles. The van der Waals surface area contributed by atoms with Gasteiger partial charge in [0.15, 0.2) is 5.36 Å². The van der Waals surface area contributed by atoms with E-state index in [1.807, 2.05) is 26.0 Å². The minimum Gasteiger partial charge on any atom is -0.287 e. The lowest BCUT2D eigenvalue weighted by atomic mass is 10.1. The van der Waals surface area contributed by atoms with Gasteiger partial charge in [0, 0.05) is 0 Å². The van der Waals surface area contributed by atoms with Gasteiger partial charge in [-0.2, -0.15) is 18.6 Å².